The Hall–Kier alpha value is -0.850. The van der Waals surface area contributed by atoms with Crippen molar-refractivity contribution in [1.82, 2.24) is 0 Å². The minimum absolute atomic E-state index is 0.212. The predicted molar refractivity (Wildman–Crippen MR) is 60.2 cm³/mol. The Balaban J connectivity index is 2.98. The van der Waals surface area contributed by atoms with Gasteiger partial charge in [-0.15, -0.1) is 6.58 Å². The van der Waals surface area contributed by atoms with E-state index in [0.717, 1.165) is 19.3 Å². The first kappa shape index (κ1) is 11.2. The molecule has 1 aliphatic carbocycles. The van der Waals surface area contributed by atoms with Crippen LogP contribution in [0.3, 0.4) is 0 Å². The molecule has 1 unspecified atom stereocenters. The number of hydrogen-bond donors (Lipinski definition) is 0. The van der Waals surface area contributed by atoms with E-state index in [1.807, 2.05) is 0 Å². The summed E-state index contributed by atoms with van der Waals surface area (Å²) in [6.45, 7) is 9.97. The van der Waals surface area contributed by atoms with Crippen molar-refractivity contribution in [3.05, 3.63) is 23.8 Å². The summed E-state index contributed by atoms with van der Waals surface area (Å²) in [5.74, 6) is 0.323. The van der Waals surface area contributed by atoms with E-state index in [1.165, 1.54) is 11.1 Å². The van der Waals surface area contributed by atoms with E-state index in [1.54, 1.807) is 6.08 Å². The molecule has 1 nitrogen and oxygen atoms in total. The molecule has 78 valence electrons. The van der Waals surface area contributed by atoms with Crippen molar-refractivity contribution in [3.63, 3.8) is 0 Å². The van der Waals surface area contributed by atoms with Gasteiger partial charge in [-0.05, 0) is 40.0 Å². The van der Waals surface area contributed by atoms with Crippen LogP contribution in [0.5, 0.6) is 0 Å². The number of ketones is 1. The maximum absolute atomic E-state index is 12.0. The van der Waals surface area contributed by atoms with Gasteiger partial charge in [-0.3, -0.25) is 4.79 Å². The molecule has 0 N–H and O–H groups in total. The number of carbonyl (C=O) groups is 1. The molecule has 0 amide bonds. The summed E-state index contributed by atoms with van der Waals surface area (Å²) >= 11 is 0. The van der Waals surface area contributed by atoms with Crippen LogP contribution in [0, 0.1) is 5.41 Å². The van der Waals surface area contributed by atoms with Crippen LogP contribution < -0.4 is 0 Å². The van der Waals surface area contributed by atoms with Crippen LogP contribution in [0.15, 0.2) is 23.8 Å². The zero-order chi connectivity index (χ0) is 10.8. The van der Waals surface area contributed by atoms with Gasteiger partial charge in [0.05, 0.1) is 0 Å². The van der Waals surface area contributed by atoms with Crippen LogP contribution in [0.1, 0.15) is 46.5 Å². The average molecular weight is 192 g/mol. The second kappa shape index (κ2) is 4.12. The van der Waals surface area contributed by atoms with E-state index in [-0.39, 0.29) is 5.41 Å². The maximum Gasteiger partial charge on any atom is 0.146 e. The van der Waals surface area contributed by atoms with Gasteiger partial charge in [0.1, 0.15) is 5.78 Å². The molecule has 1 heteroatoms. The van der Waals surface area contributed by atoms with Gasteiger partial charge in [0.25, 0.3) is 0 Å². The highest BCUT2D eigenvalue weighted by Gasteiger charge is 2.36. The molecule has 1 aliphatic rings. The third kappa shape index (κ3) is 1.82. The number of carbonyl (C=O) groups excluding carboxylic acids is 1. The minimum Gasteiger partial charge on any atom is -0.298 e. The number of rotatable bonds is 3. The summed E-state index contributed by atoms with van der Waals surface area (Å²) < 4.78 is 0. The molecule has 1 atom stereocenters. The Morgan fingerprint density at radius 1 is 1.57 bits per heavy atom. The van der Waals surface area contributed by atoms with Gasteiger partial charge in [0.15, 0.2) is 0 Å². The lowest BCUT2D eigenvalue weighted by atomic mass is 9.69. The van der Waals surface area contributed by atoms with Crippen molar-refractivity contribution >= 4 is 5.78 Å². The Morgan fingerprint density at radius 2 is 2.21 bits per heavy atom. The molecule has 0 bridgehead atoms. The molecule has 0 saturated carbocycles. The van der Waals surface area contributed by atoms with E-state index in [4.69, 9.17) is 0 Å². The molecule has 0 saturated heterocycles. The average Bonchev–Trinajstić information content (AvgIpc) is 2.14. The van der Waals surface area contributed by atoms with E-state index in [2.05, 4.69) is 27.4 Å². The first-order valence-corrected chi connectivity index (χ1v) is 5.33. The summed E-state index contributed by atoms with van der Waals surface area (Å²) in [5, 5.41) is 0. The van der Waals surface area contributed by atoms with Crippen LogP contribution in [0.2, 0.25) is 0 Å². The molecule has 0 aromatic heterocycles. The van der Waals surface area contributed by atoms with Crippen LogP contribution in [-0.4, -0.2) is 5.78 Å². The summed E-state index contributed by atoms with van der Waals surface area (Å²) in [6.07, 6.45) is 5.51. The smallest absolute Gasteiger partial charge is 0.146 e. The van der Waals surface area contributed by atoms with Gasteiger partial charge in [-0.1, -0.05) is 17.2 Å². The molecule has 0 heterocycles. The maximum atomic E-state index is 12.0. The fourth-order valence-electron chi connectivity index (χ4n) is 2.26. The molecule has 0 spiro atoms. The van der Waals surface area contributed by atoms with E-state index in [9.17, 15) is 4.79 Å². The van der Waals surface area contributed by atoms with Crippen molar-refractivity contribution < 1.29 is 4.79 Å². The van der Waals surface area contributed by atoms with Crippen molar-refractivity contribution in [2.75, 3.05) is 0 Å². The zero-order valence-corrected chi connectivity index (χ0v) is 9.52. The van der Waals surface area contributed by atoms with E-state index >= 15 is 0 Å². The molecule has 0 aliphatic heterocycles. The quantitative estimate of drug-likeness (QED) is 0.624. The van der Waals surface area contributed by atoms with Crippen molar-refractivity contribution in [1.29, 1.82) is 0 Å². The normalized spacial score (nSPS) is 27.6. The summed E-state index contributed by atoms with van der Waals surface area (Å²) in [5.41, 5.74) is 2.48. The highest BCUT2D eigenvalue weighted by atomic mass is 16.1. The van der Waals surface area contributed by atoms with Crippen molar-refractivity contribution in [2.45, 2.75) is 46.5 Å². The van der Waals surface area contributed by atoms with Crippen molar-refractivity contribution in [2.24, 2.45) is 5.41 Å². The molecule has 0 aromatic carbocycles. The molecule has 14 heavy (non-hydrogen) atoms. The van der Waals surface area contributed by atoms with Gasteiger partial charge in [0.2, 0.25) is 0 Å². The summed E-state index contributed by atoms with van der Waals surface area (Å²) in [6, 6.07) is 0. The van der Waals surface area contributed by atoms with Crippen LogP contribution in [0.25, 0.3) is 0 Å². The van der Waals surface area contributed by atoms with Crippen LogP contribution >= 0.6 is 0 Å². The lowest BCUT2D eigenvalue weighted by Crippen LogP contribution is -2.31. The summed E-state index contributed by atoms with van der Waals surface area (Å²) in [7, 11) is 0. The van der Waals surface area contributed by atoms with Gasteiger partial charge in [-0.2, -0.15) is 0 Å². The third-order valence-corrected chi connectivity index (χ3v) is 3.64. The van der Waals surface area contributed by atoms with E-state index < -0.39 is 0 Å². The Labute approximate surface area is 86.9 Å². The van der Waals surface area contributed by atoms with Gasteiger partial charge < -0.3 is 0 Å². The Bertz CT molecular complexity index is 286. The van der Waals surface area contributed by atoms with E-state index in [0.29, 0.717) is 12.2 Å². The number of hydrogen-bond acceptors (Lipinski definition) is 1. The molecule has 0 radical (unpaired) electrons. The second-order valence-corrected chi connectivity index (χ2v) is 4.51. The monoisotopic (exact) mass is 192 g/mol. The Kier molecular flexibility index (Phi) is 3.30. The molecule has 0 aromatic rings. The molecule has 1 rings (SSSR count). The SMILES string of the molecule is C=CCC(=O)C1(C)CCCC(C)=C1C. The first-order valence-electron chi connectivity index (χ1n) is 5.33. The lowest BCUT2D eigenvalue weighted by Gasteiger charge is -2.34. The molecule has 0 fully saturated rings. The molecular weight excluding hydrogens is 172 g/mol. The predicted octanol–water partition coefficient (Wildman–Crippen LogP) is 3.66. The first-order chi connectivity index (χ1) is 6.52. The van der Waals surface area contributed by atoms with Gasteiger partial charge in [-0.25, -0.2) is 0 Å². The van der Waals surface area contributed by atoms with Gasteiger partial charge in [0, 0.05) is 11.8 Å². The number of Topliss-reactive ketones (excluding diaryl/α,β-unsaturated/α-hetero) is 1. The summed E-state index contributed by atoms with van der Waals surface area (Å²) in [4.78, 5) is 12.0. The lowest BCUT2D eigenvalue weighted by molar-refractivity contribution is -0.125. The highest BCUT2D eigenvalue weighted by Crippen LogP contribution is 2.41. The third-order valence-electron chi connectivity index (χ3n) is 3.64. The minimum atomic E-state index is -0.212. The second-order valence-electron chi connectivity index (χ2n) is 4.51. The number of allylic oxidation sites excluding steroid dienone is 3. The fraction of sp³-hybridized carbons (Fsp3) is 0.615. The topological polar surface area (TPSA) is 17.1 Å². The molecular formula is C13H20O. The van der Waals surface area contributed by atoms with Gasteiger partial charge >= 0.3 is 0 Å². The highest BCUT2D eigenvalue weighted by molar-refractivity contribution is 5.88. The van der Waals surface area contributed by atoms with Crippen LogP contribution in [-0.2, 0) is 4.79 Å². The zero-order valence-electron chi connectivity index (χ0n) is 9.52. The Morgan fingerprint density at radius 3 is 2.79 bits per heavy atom. The fourth-order valence-corrected chi connectivity index (χ4v) is 2.26. The largest absolute Gasteiger partial charge is 0.298 e. The van der Waals surface area contributed by atoms with Crippen molar-refractivity contribution in [3.8, 4) is 0 Å². The standard InChI is InChI=1S/C13H20O/c1-5-7-12(14)13(4)9-6-8-10(2)11(13)3/h5H,1,6-9H2,2-4H3. The van der Waals surface area contributed by atoms with Crippen LogP contribution in [0.4, 0.5) is 0 Å².